The zero-order chi connectivity index (χ0) is 33.5. The molecule has 4 heterocycles. The summed E-state index contributed by atoms with van der Waals surface area (Å²) >= 11 is 1.43. The number of hydrogen-bond donors (Lipinski definition) is 1. The third kappa shape index (κ3) is 6.27. The second-order valence-electron chi connectivity index (χ2n) is 11.9. The fourth-order valence-corrected chi connectivity index (χ4v) is 6.31. The number of aromatic nitrogens is 3. The number of H-pyrrole nitrogens is 1. The summed E-state index contributed by atoms with van der Waals surface area (Å²) in [6, 6.07) is 12.5. The monoisotopic (exact) mass is 663 g/mol. The van der Waals surface area contributed by atoms with Gasteiger partial charge in [0, 0.05) is 37.4 Å². The van der Waals surface area contributed by atoms with E-state index in [1.54, 1.807) is 24.0 Å². The number of carbonyl (C=O) groups is 2. The quantitative estimate of drug-likeness (QED) is 0.147. The number of amides is 1. The van der Waals surface area contributed by atoms with E-state index in [-0.39, 0.29) is 29.5 Å². The number of rotatable bonds is 6. The van der Waals surface area contributed by atoms with Crippen LogP contribution in [0.2, 0.25) is 0 Å². The number of carbonyl (C=O) groups excluding carboxylic acids is 2. The molecule has 0 bridgehead atoms. The molecule has 3 aromatic heterocycles. The van der Waals surface area contributed by atoms with Gasteiger partial charge in [0.05, 0.1) is 39.4 Å². The van der Waals surface area contributed by atoms with Gasteiger partial charge < -0.3 is 19.3 Å². The lowest BCUT2D eigenvalue weighted by Crippen LogP contribution is -2.50. The molecule has 0 saturated carbocycles. The maximum absolute atomic E-state index is 15.3. The standard InChI is InChI=1S/C34H32F3N5O4S/c1-5-45-32(43)27-24(19-8-10-20(11-9-19)41-14-16-42(17-15-41)33(44)46-34(2,3)4)26-29(23-7-6-18-47-23)39-40-31(26)38-30(27)25-21(35)12-13-22(36)28(25)37/h6-13,18H,5,14-17H2,1-4H3,(H,38,39,40). The van der Waals surface area contributed by atoms with Crippen LogP contribution in [-0.2, 0) is 9.47 Å². The number of aromatic amines is 1. The molecule has 1 aliphatic heterocycles. The minimum Gasteiger partial charge on any atom is -0.462 e. The molecule has 1 saturated heterocycles. The van der Waals surface area contributed by atoms with E-state index in [1.807, 2.05) is 50.4 Å². The molecular formula is C34H32F3N5O4S. The summed E-state index contributed by atoms with van der Waals surface area (Å²) in [7, 11) is 0. The van der Waals surface area contributed by atoms with Crippen LogP contribution in [0.4, 0.5) is 23.7 Å². The van der Waals surface area contributed by atoms with Gasteiger partial charge in [0.2, 0.25) is 0 Å². The molecule has 1 amide bonds. The third-order valence-electron chi connectivity index (χ3n) is 7.68. The van der Waals surface area contributed by atoms with Gasteiger partial charge in [-0.1, -0.05) is 18.2 Å². The number of fused-ring (bicyclic) bond motifs is 1. The summed E-state index contributed by atoms with van der Waals surface area (Å²) in [5, 5.41) is 9.63. The lowest BCUT2D eigenvalue weighted by atomic mass is 9.91. The summed E-state index contributed by atoms with van der Waals surface area (Å²) in [4.78, 5) is 35.3. The molecule has 1 N–H and O–H groups in total. The predicted octanol–water partition coefficient (Wildman–Crippen LogP) is 7.67. The van der Waals surface area contributed by atoms with E-state index in [0.29, 0.717) is 48.9 Å². The Morgan fingerprint density at radius 2 is 1.66 bits per heavy atom. The molecule has 1 fully saturated rings. The van der Waals surface area contributed by atoms with Crippen LogP contribution in [0.3, 0.4) is 0 Å². The van der Waals surface area contributed by atoms with Gasteiger partial charge in [-0.15, -0.1) is 11.3 Å². The topological polar surface area (TPSA) is 101 Å². The number of thiophene rings is 1. The van der Waals surface area contributed by atoms with Crippen molar-refractivity contribution in [2.24, 2.45) is 0 Å². The molecule has 0 unspecified atom stereocenters. The highest BCUT2D eigenvalue weighted by Crippen LogP contribution is 2.43. The van der Waals surface area contributed by atoms with E-state index >= 15 is 8.78 Å². The van der Waals surface area contributed by atoms with E-state index in [4.69, 9.17) is 9.47 Å². The van der Waals surface area contributed by atoms with Crippen molar-refractivity contribution in [2.75, 3.05) is 37.7 Å². The summed E-state index contributed by atoms with van der Waals surface area (Å²) in [5.74, 6) is -4.75. The molecule has 0 radical (unpaired) electrons. The average molecular weight is 664 g/mol. The SMILES string of the molecule is CCOC(=O)c1c(-c2c(F)ccc(F)c2F)nc2n[nH]c(-c3cccs3)c2c1-c1ccc(N2CCN(C(=O)OC(C)(C)C)CC2)cc1. The first-order valence-corrected chi connectivity index (χ1v) is 15.9. The second kappa shape index (κ2) is 12.7. The third-order valence-corrected chi connectivity index (χ3v) is 8.57. The molecule has 244 valence electrons. The van der Waals surface area contributed by atoms with Crippen molar-refractivity contribution >= 4 is 40.1 Å². The van der Waals surface area contributed by atoms with E-state index in [2.05, 4.69) is 20.1 Å². The van der Waals surface area contributed by atoms with Crippen molar-refractivity contribution in [2.45, 2.75) is 33.3 Å². The van der Waals surface area contributed by atoms with Gasteiger partial charge in [-0.05, 0) is 69.0 Å². The highest BCUT2D eigenvalue weighted by Gasteiger charge is 2.32. The zero-order valence-electron chi connectivity index (χ0n) is 26.2. The van der Waals surface area contributed by atoms with Crippen LogP contribution in [0.5, 0.6) is 0 Å². The highest BCUT2D eigenvalue weighted by molar-refractivity contribution is 7.13. The van der Waals surface area contributed by atoms with Gasteiger partial charge in [-0.25, -0.2) is 27.7 Å². The number of pyridine rings is 1. The van der Waals surface area contributed by atoms with Gasteiger partial charge in [0.25, 0.3) is 0 Å². The maximum atomic E-state index is 15.3. The molecule has 1 aliphatic rings. The average Bonchev–Trinajstić information content (AvgIpc) is 3.72. The molecule has 47 heavy (non-hydrogen) atoms. The Balaban J connectivity index is 1.48. The van der Waals surface area contributed by atoms with Crippen LogP contribution < -0.4 is 4.90 Å². The molecular weight excluding hydrogens is 631 g/mol. The second-order valence-corrected chi connectivity index (χ2v) is 12.9. The van der Waals surface area contributed by atoms with Crippen LogP contribution in [-0.4, -0.2) is 70.5 Å². The lowest BCUT2D eigenvalue weighted by Gasteiger charge is -2.36. The number of nitrogens with zero attached hydrogens (tertiary/aromatic N) is 4. The van der Waals surface area contributed by atoms with E-state index in [1.165, 1.54) is 11.3 Å². The molecule has 6 rings (SSSR count). The fraction of sp³-hybridized carbons (Fsp3) is 0.294. The van der Waals surface area contributed by atoms with Crippen LogP contribution >= 0.6 is 11.3 Å². The van der Waals surface area contributed by atoms with Crippen molar-refractivity contribution in [3.8, 4) is 33.0 Å². The molecule has 9 nitrogen and oxygen atoms in total. The van der Waals surface area contributed by atoms with Gasteiger partial charge >= 0.3 is 12.1 Å². The summed E-state index contributed by atoms with van der Waals surface area (Å²) in [6.45, 7) is 9.15. The Morgan fingerprint density at radius 1 is 0.957 bits per heavy atom. The van der Waals surface area contributed by atoms with Crippen LogP contribution in [0, 0.1) is 17.5 Å². The molecule has 5 aromatic rings. The van der Waals surface area contributed by atoms with Crippen molar-refractivity contribution in [1.29, 1.82) is 0 Å². The Morgan fingerprint density at radius 3 is 2.30 bits per heavy atom. The van der Waals surface area contributed by atoms with Gasteiger partial charge in [0.1, 0.15) is 11.4 Å². The minimum absolute atomic E-state index is 0.0265. The molecule has 0 aliphatic carbocycles. The number of esters is 1. The van der Waals surface area contributed by atoms with Crippen LogP contribution in [0.25, 0.3) is 44.0 Å². The number of anilines is 1. The summed E-state index contributed by atoms with van der Waals surface area (Å²) in [5.41, 5.74) is 0.279. The molecule has 2 aromatic carbocycles. The maximum Gasteiger partial charge on any atom is 0.410 e. The smallest absolute Gasteiger partial charge is 0.410 e. The fourth-order valence-electron chi connectivity index (χ4n) is 5.58. The van der Waals surface area contributed by atoms with Crippen molar-refractivity contribution in [1.82, 2.24) is 20.1 Å². The Bertz CT molecular complexity index is 1950. The van der Waals surface area contributed by atoms with Gasteiger partial charge in [0.15, 0.2) is 17.3 Å². The lowest BCUT2D eigenvalue weighted by molar-refractivity contribution is 0.0240. The normalized spacial score (nSPS) is 13.7. The first-order chi connectivity index (χ1) is 22.5. The number of hydrogen-bond acceptors (Lipinski definition) is 8. The van der Waals surface area contributed by atoms with E-state index in [9.17, 15) is 14.0 Å². The number of benzene rings is 2. The molecule has 0 spiro atoms. The van der Waals surface area contributed by atoms with Gasteiger partial charge in [-0.3, -0.25) is 5.10 Å². The Kier molecular flexibility index (Phi) is 8.66. The Hall–Kier alpha value is -4.91. The van der Waals surface area contributed by atoms with Crippen molar-refractivity contribution < 1.29 is 32.2 Å². The van der Waals surface area contributed by atoms with Gasteiger partial charge in [-0.2, -0.15) is 5.10 Å². The minimum atomic E-state index is -1.48. The largest absolute Gasteiger partial charge is 0.462 e. The number of ether oxygens (including phenoxy) is 2. The number of nitrogens with one attached hydrogen (secondary N) is 1. The van der Waals surface area contributed by atoms with Crippen molar-refractivity contribution in [3.63, 3.8) is 0 Å². The molecule has 13 heteroatoms. The highest BCUT2D eigenvalue weighted by atomic mass is 32.1. The number of halogens is 3. The van der Waals surface area contributed by atoms with Crippen molar-refractivity contribution in [3.05, 3.63) is 76.9 Å². The van der Waals surface area contributed by atoms with Crippen LogP contribution in [0.15, 0.2) is 53.9 Å². The van der Waals surface area contributed by atoms with E-state index < -0.39 is 40.3 Å². The summed E-state index contributed by atoms with van der Waals surface area (Å²) in [6.07, 6.45) is -0.357. The Labute approximate surface area is 272 Å². The predicted molar refractivity (Wildman–Crippen MR) is 174 cm³/mol. The zero-order valence-corrected chi connectivity index (χ0v) is 27.0. The van der Waals surface area contributed by atoms with E-state index in [0.717, 1.165) is 16.6 Å². The first-order valence-electron chi connectivity index (χ1n) is 15.1. The first kappa shape index (κ1) is 32.0. The number of piperazine rings is 1. The summed E-state index contributed by atoms with van der Waals surface area (Å²) < 4.78 is 55.9. The molecule has 0 atom stereocenters. The van der Waals surface area contributed by atoms with Crippen LogP contribution in [0.1, 0.15) is 38.1 Å².